The molecule has 0 radical (unpaired) electrons. The van der Waals surface area contributed by atoms with Gasteiger partial charge >= 0.3 is 0 Å². The normalized spacial score (nSPS) is 41.3. The molecule has 0 aliphatic carbocycles. The van der Waals surface area contributed by atoms with E-state index >= 15 is 0 Å². The first-order valence-corrected chi connectivity index (χ1v) is 5.10. The van der Waals surface area contributed by atoms with Crippen LogP contribution in [0.25, 0.3) is 0 Å². The zero-order chi connectivity index (χ0) is 11.6. The Morgan fingerprint density at radius 3 is 2.53 bits per heavy atom. The van der Waals surface area contributed by atoms with Crippen molar-refractivity contribution in [1.29, 1.82) is 0 Å². The number of nitrogens with one attached hydrogen (secondary N) is 1. The van der Waals surface area contributed by atoms with Gasteiger partial charge in [0.15, 0.2) is 0 Å². The first-order chi connectivity index (χ1) is 6.97. The standard InChI is InChI=1S/C10H17F2NO2/c1-5-9(12)8(4-11)15-6(2)10(5)13-7(3)14/h5-6,8-10H,4H2,1-3H3,(H,13,14)/t5?,6?,8?,9-,10-/m0/s1. The molecule has 1 heterocycles. The molecule has 1 amide bonds. The van der Waals surface area contributed by atoms with Gasteiger partial charge in [0.2, 0.25) is 5.91 Å². The van der Waals surface area contributed by atoms with Crippen LogP contribution in [0, 0.1) is 5.92 Å². The quantitative estimate of drug-likeness (QED) is 0.761. The fourth-order valence-corrected chi connectivity index (χ4v) is 2.00. The summed E-state index contributed by atoms with van der Waals surface area (Å²) in [7, 11) is 0. The van der Waals surface area contributed by atoms with E-state index in [1.807, 2.05) is 0 Å². The van der Waals surface area contributed by atoms with Crippen LogP contribution in [0.2, 0.25) is 0 Å². The van der Waals surface area contributed by atoms with Crippen molar-refractivity contribution >= 4 is 5.91 Å². The van der Waals surface area contributed by atoms with Crippen molar-refractivity contribution in [1.82, 2.24) is 5.32 Å². The van der Waals surface area contributed by atoms with Crippen LogP contribution in [-0.2, 0) is 9.53 Å². The summed E-state index contributed by atoms with van der Waals surface area (Å²) in [6, 6.07) is -0.389. The van der Waals surface area contributed by atoms with Gasteiger partial charge in [-0.05, 0) is 6.92 Å². The van der Waals surface area contributed by atoms with Gasteiger partial charge < -0.3 is 10.1 Å². The zero-order valence-corrected chi connectivity index (χ0v) is 9.17. The minimum atomic E-state index is -1.37. The summed E-state index contributed by atoms with van der Waals surface area (Å²) in [5, 5.41) is 2.63. The van der Waals surface area contributed by atoms with Gasteiger partial charge in [0, 0.05) is 12.8 Å². The van der Waals surface area contributed by atoms with Gasteiger partial charge in [-0.25, -0.2) is 8.78 Å². The zero-order valence-electron chi connectivity index (χ0n) is 9.17. The molecule has 0 bridgehead atoms. The molecule has 0 saturated carbocycles. The van der Waals surface area contributed by atoms with Gasteiger partial charge in [0.1, 0.15) is 19.0 Å². The lowest BCUT2D eigenvalue weighted by molar-refractivity contribution is -0.141. The fraction of sp³-hybridized carbons (Fsp3) is 0.900. The molecule has 3 unspecified atom stereocenters. The van der Waals surface area contributed by atoms with Gasteiger partial charge in [-0.1, -0.05) is 6.92 Å². The predicted octanol–water partition coefficient (Wildman–Crippen LogP) is 1.22. The Bertz CT molecular complexity index is 237. The van der Waals surface area contributed by atoms with Crippen molar-refractivity contribution in [3.63, 3.8) is 0 Å². The van der Waals surface area contributed by atoms with E-state index in [0.717, 1.165) is 0 Å². The fourth-order valence-electron chi connectivity index (χ4n) is 2.00. The van der Waals surface area contributed by atoms with Gasteiger partial charge in [-0.3, -0.25) is 4.79 Å². The molecule has 3 nitrogen and oxygen atoms in total. The number of carbonyl (C=O) groups is 1. The van der Waals surface area contributed by atoms with Crippen LogP contribution in [0.3, 0.4) is 0 Å². The highest BCUT2D eigenvalue weighted by Crippen LogP contribution is 2.28. The van der Waals surface area contributed by atoms with E-state index in [4.69, 9.17) is 4.74 Å². The maximum absolute atomic E-state index is 13.6. The largest absolute Gasteiger partial charge is 0.367 e. The van der Waals surface area contributed by atoms with Crippen LogP contribution in [0.5, 0.6) is 0 Å². The summed E-state index contributed by atoms with van der Waals surface area (Å²) < 4.78 is 31.2. The molecule has 0 aromatic carbocycles. The summed E-state index contributed by atoms with van der Waals surface area (Å²) in [5.74, 6) is -0.661. The third kappa shape index (κ3) is 2.65. The van der Waals surface area contributed by atoms with Crippen molar-refractivity contribution in [2.24, 2.45) is 5.92 Å². The summed E-state index contributed by atoms with van der Waals surface area (Å²) in [5.41, 5.74) is 0. The van der Waals surface area contributed by atoms with E-state index < -0.39 is 24.9 Å². The molecule has 0 aromatic rings. The average Bonchev–Trinajstić information content (AvgIpc) is 2.18. The van der Waals surface area contributed by atoms with Crippen LogP contribution in [0.4, 0.5) is 8.78 Å². The van der Waals surface area contributed by atoms with E-state index in [0.29, 0.717) is 0 Å². The van der Waals surface area contributed by atoms with Gasteiger partial charge in [-0.15, -0.1) is 0 Å². The summed E-state index contributed by atoms with van der Waals surface area (Å²) >= 11 is 0. The molecule has 1 saturated heterocycles. The van der Waals surface area contributed by atoms with Crippen LogP contribution >= 0.6 is 0 Å². The molecule has 88 valence electrons. The number of ether oxygens (including phenoxy) is 1. The van der Waals surface area contributed by atoms with Gasteiger partial charge in [0.05, 0.1) is 12.1 Å². The molecule has 15 heavy (non-hydrogen) atoms. The average molecular weight is 221 g/mol. The number of halogens is 2. The SMILES string of the molecule is CC(=O)N[C@@H]1C(C)OC(CF)[C@@H](F)C1C. The van der Waals surface area contributed by atoms with Crippen molar-refractivity contribution in [3.8, 4) is 0 Å². The Kier molecular flexibility index (Phi) is 4.02. The Labute approximate surface area is 88.2 Å². The summed E-state index contributed by atoms with van der Waals surface area (Å²) in [6.07, 6.45) is -2.74. The minimum Gasteiger partial charge on any atom is -0.367 e. The number of rotatable bonds is 2. The molecule has 1 N–H and O–H groups in total. The van der Waals surface area contributed by atoms with Gasteiger partial charge in [0.25, 0.3) is 0 Å². The second kappa shape index (κ2) is 4.88. The van der Waals surface area contributed by atoms with Crippen molar-refractivity contribution in [3.05, 3.63) is 0 Å². The van der Waals surface area contributed by atoms with Crippen LogP contribution in [-0.4, -0.2) is 37.0 Å². The second-order valence-corrected chi connectivity index (χ2v) is 4.06. The van der Waals surface area contributed by atoms with Crippen molar-refractivity contribution in [2.45, 2.75) is 45.2 Å². The smallest absolute Gasteiger partial charge is 0.217 e. The molecule has 1 aliphatic rings. The molecule has 1 aliphatic heterocycles. The van der Waals surface area contributed by atoms with E-state index in [9.17, 15) is 13.6 Å². The number of hydrogen-bond donors (Lipinski definition) is 1. The molecule has 5 heteroatoms. The van der Waals surface area contributed by atoms with Gasteiger partial charge in [-0.2, -0.15) is 0 Å². The topological polar surface area (TPSA) is 38.3 Å². The highest BCUT2D eigenvalue weighted by atomic mass is 19.1. The molecule has 1 rings (SSSR count). The third-order valence-electron chi connectivity index (χ3n) is 2.84. The number of hydrogen-bond acceptors (Lipinski definition) is 2. The van der Waals surface area contributed by atoms with Crippen LogP contribution in [0.15, 0.2) is 0 Å². The van der Waals surface area contributed by atoms with Crippen molar-refractivity contribution < 1.29 is 18.3 Å². The summed E-state index contributed by atoms with van der Waals surface area (Å²) in [6.45, 7) is 3.91. The number of alkyl halides is 2. The second-order valence-electron chi connectivity index (χ2n) is 4.06. The summed E-state index contributed by atoms with van der Waals surface area (Å²) in [4.78, 5) is 10.9. The molecule has 1 fully saturated rings. The Balaban J connectivity index is 2.70. The lowest BCUT2D eigenvalue weighted by Gasteiger charge is -2.41. The Hall–Kier alpha value is -0.710. The lowest BCUT2D eigenvalue weighted by atomic mass is 9.87. The maximum Gasteiger partial charge on any atom is 0.217 e. The first-order valence-electron chi connectivity index (χ1n) is 5.10. The van der Waals surface area contributed by atoms with Crippen LogP contribution < -0.4 is 5.32 Å². The van der Waals surface area contributed by atoms with Crippen molar-refractivity contribution in [2.75, 3.05) is 6.67 Å². The molecule has 0 spiro atoms. The lowest BCUT2D eigenvalue weighted by Crippen LogP contribution is -2.57. The van der Waals surface area contributed by atoms with E-state index in [2.05, 4.69) is 5.32 Å². The first kappa shape index (κ1) is 12.4. The highest BCUT2D eigenvalue weighted by Gasteiger charge is 2.42. The molecular weight excluding hydrogens is 204 g/mol. The van der Waals surface area contributed by atoms with Crippen LogP contribution in [0.1, 0.15) is 20.8 Å². The predicted molar refractivity (Wildman–Crippen MR) is 52.0 cm³/mol. The third-order valence-corrected chi connectivity index (χ3v) is 2.84. The minimum absolute atomic E-state index is 0.229. The maximum atomic E-state index is 13.6. The number of amides is 1. The van der Waals surface area contributed by atoms with E-state index in [-0.39, 0.29) is 18.1 Å². The molecule has 5 atom stereocenters. The van der Waals surface area contributed by atoms with E-state index in [1.165, 1.54) is 6.92 Å². The highest BCUT2D eigenvalue weighted by molar-refractivity contribution is 5.73. The monoisotopic (exact) mass is 221 g/mol. The Morgan fingerprint density at radius 1 is 1.47 bits per heavy atom. The Morgan fingerprint density at radius 2 is 2.07 bits per heavy atom. The molecular formula is C10H17F2NO2. The molecule has 0 aromatic heterocycles. The number of carbonyl (C=O) groups excluding carboxylic acids is 1. The van der Waals surface area contributed by atoms with E-state index in [1.54, 1.807) is 13.8 Å².